The molecule has 1 aromatic rings. The molecule has 0 saturated heterocycles. The maximum Gasteiger partial charge on any atom is 0.234 e. The van der Waals surface area contributed by atoms with Gasteiger partial charge in [-0.1, -0.05) is 12.1 Å². The van der Waals surface area contributed by atoms with Gasteiger partial charge < -0.3 is 20.1 Å². The molecule has 1 amide bonds. The third kappa shape index (κ3) is 6.43. The number of hydrogen-bond donors (Lipinski definition) is 2. The lowest BCUT2D eigenvalue weighted by atomic mass is 10.3. The zero-order valence-electron chi connectivity index (χ0n) is 12.4. The van der Waals surface area contributed by atoms with Crippen LogP contribution in [0.3, 0.4) is 0 Å². The van der Waals surface area contributed by atoms with Crippen molar-refractivity contribution in [1.82, 2.24) is 10.6 Å². The fraction of sp³-hybridized carbons (Fsp3) is 0.533. The summed E-state index contributed by atoms with van der Waals surface area (Å²) in [5, 5.41) is 5.85. The number of para-hydroxylation sites is 2. The first-order valence-electron chi connectivity index (χ1n) is 6.98. The summed E-state index contributed by atoms with van der Waals surface area (Å²) in [7, 11) is 0. The van der Waals surface area contributed by atoms with E-state index in [2.05, 4.69) is 10.6 Å². The summed E-state index contributed by atoms with van der Waals surface area (Å²) in [6, 6.07) is 7.73. The summed E-state index contributed by atoms with van der Waals surface area (Å²) in [4.78, 5) is 11.4. The normalized spacial score (nSPS) is 10.4. The second kappa shape index (κ2) is 9.20. The first-order valence-corrected chi connectivity index (χ1v) is 6.98. The number of benzene rings is 1. The fourth-order valence-corrected chi connectivity index (χ4v) is 1.65. The molecular weight excluding hydrogens is 256 g/mol. The Kier molecular flexibility index (Phi) is 7.50. The fourth-order valence-electron chi connectivity index (χ4n) is 1.65. The molecular formula is C15H24N2O3. The maximum atomic E-state index is 11.4. The predicted octanol–water partition coefficient (Wildman–Crippen LogP) is 1.58. The molecule has 5 heteroatoms. The van der Waals surface area contributed by atoms with Crippen molar-refractivity contribution in [3.63, 3.8) is 0 Å². The Morgan fingerprint density at radius 2 is 1.85 bits per heavy atom. The van der Waals surface area contributed by atoms with Crippen LogP contribution in [0.4, 0.5) is 0 Å². The average Bonchev–Trinajstić information content (AvgIpc) is 2.39. The van der Waals surface area contributed by atoms with Gasteiger partial charge in [-0.25, -0.2) is 0 Å². The molecule has 1 rings (SSSR count). The monoisotopic (exact) mass is 280 g/mol. The van der Waals surface area contributed by atoms with Crippen molar-refractivity contribution >= 4 is 5.91 Å². The van der Waals surface area contributed by atoms with Gasteiger partial charge in [0.05, 0.1) is 13.2 Å². The number of nitrogens with one attached hydrogen (secondary N) is 2. The van der Waals surface area contributed by atoms with E-state index in [9.17, 15) is 4.79 Å². The highest BCUT2D eigenvalue weighted by Crippen LogP contribution is 2.25. The molecule has 0 heterocycles. The van der Waals surface area contributed by atoms with Gasteiger partial charge in [-0.05, 0) is 32.9 Å². The van der Waals surface area contributed by atoms with E-state index in [0.717, 1.165) is 11.5 Å². The van der Waals surface area contributed by atoms with Crippen molar-refractivity contribution in [2.45, 2.75) is 26.8 Å². The summed E-state index contributed by atoms with van der Waals surface area (Å²) in [5.41, 5.74) is 0. The number of carbonyl (C=O) groups is 1. The molecule has 0 aromatic heterocycles. The van der Waals surface area contributed by atoms with E-state index in [0.29, 0.717) is 26.3 Å². The molecule has 0 fully saturated rings. The zero-order chi connectivity index (χ0) is 14.8. The van der Waals surface area contributed by atoms with Gasteiger partial charge >= 0.3 is 0 Å². The number of carbonyl (C=O) groups excluding carboxylic acids is 1. The summed E-state index contributed by atoms with van der Waals surface area (Å²) >= 11 is 0. The lowest BCUT2D eigenvalue weighted by Crippen LogP contribution is -2.38. The van der Waals surface area contributed by atoms with Gasteiger partial charge in [-0.3, -0.25) is 4.79 Å². The lowest BCUT2D eigenvalue weighted by molar-refractivity contribution is -0.120. The molecule has 0 unspecified atom stereocenters. The molecule has 5 nitrogen and oxygen atoms in total. The number of amides is 1. The molecule has 0 aliphatic rings. The standard InChI is InChI=1S/C15H24N2O3/c1-4-19-13-7-5-6-8-14(13)20-10-9-16-11-15(18)17-12(2)3/h5-8,12,16H,4,9-11H2,1-3H3,(H,17,18). The summed E-state index contributed by atoms with van der Waals surface area (Å²) in [6.45, 7) is 7.80. The zero-order valence-corrected chi connectivity index (χ0v) is 12.4. The first kappa shape index (κ1) is 16.3. The number of ether oxygens (including phenoxy) is 2. The molecule has 0 spiro atoms. The molecule has 0 aliphatic carbocycles. The van der Waals surface area contributed by atoms with Crippen LogP contribution in [0.2, 0.25) is 0 Å². The van der Waals surface area contributed by atoms with Crippen molar-refractivity contribution in [1.29, 1.82) is 0 Å². The van der Waals surface area contributed by atoms with Gasteiger partial charge in [-0.2, -0.15) is 0 Å². The maximum absolute atomic E-state index is 11.4. The first-order chi connectivity index (χ1) is 9.63. The van der Waals surface area contributed by atoms with E-state index in [1.54, 1.807) is 0 Å². The third-order valence-electron chi connectivity index (χ3n) is 2.42. The van der Waals surface area contributed by atoms with Crippen LogP contribution in [0.15, 0.2) is 24.3 Å². The second-order valence-electron chi connectivity index (χ2n) is 4.63. The lowest BCUT2D eigenvalue weighted by Gasteiger charge is -2.12. The Morgan fingerprint density at radius 1 is 1.20 bits per heavy atom. The van der Waals surface area contributed by atoms with Crippen LogP contribution in [0, 0.1) is 0 Å². The Hall–Kier alpha value is -1.75. The smallest absolute Gasteiger partial charge is 0.234 e. The predicted molar refractivity (Wildman–Crippen MR) is 79.3 cm³/mol. The van der Waals surface area contributed by atoms with Crippen molar-refractivity contribution in [2.75, 3.05) is 26.3 Å². The molecule has 1 aromatic carbocycles. The van der Waals surface area contributed by atoms with E-state index in [4.69, 9.17) is 9.47 Å². The van der Waals surface area contributed by atoms with Gasteiger partial charge in [0.25, 0.3) is 0 Å². The largest absolute Gasteiger partial charge is 0.490 e. The quantitative estimate of drug-likeness (QED) is 0.674. The molecule has 112 valence electrons. The molecule has 0 saturated carbocycles. The van der Waals surface area contributed by atoms with E-state index >= 15 is 0 Å². The van der Waals surface area contributed by atoms with Gasteiger partial charge in [0.2, 0.25) is 5.91 Å². The van der Waals surface area contributed by atoms with Crippen LogP contribution in [0.5, 0.6) is 11.5 Å². The van der Waals surface area contributed by atoms with E-state index in [1.807, 2.05) is 45.0 Å². The average molecular weight is 280 g/mol. The Bertz CT molecular complexity index is 408. The van der Waals surface area contributed by atoms with E-state index < -0.39 is 0 Å². The topological polar surface area (TPSA) is 59.6 Å². The minimum atomic E-state index is -0.00489. The third-order valence-corrected chi connectivity index (χ3v) is 2.42. The number of rotatable bonds is 9. The summed E-state index contributed by atoms with van der Waals surface area (Å²) in [5.74, 6) is 1.46. The van der Waals surface area contributed by atoms with Crippen LogP contribution >= 0.6 is 0 Å². The molecule has 0 radical (unpaired) electrons. The number of hydrogen-bond acceptors (Lipinski definition) is 4. The van der Waals surface area contributed by atoms with Crippen molar-refractivity contribution in [2.24, 2.45) is 0 Å². The Morgan fingerprint density at radius 3 is 2.45 bits per heavy atom. The molecule has 20 heavy (non-hydrogen) atoms. The van der Waals surface area contributed by atoms with Crippen LogP contribution in [0.1, 0.15) is 20.8 Å². The highest BCUT2D eigenvalue weighted by Gasteiger charge is 2.04. The second-order valence-corrected chi connectivity index (χ2v) is 4.63. The van der Waals surface area contributed by atoms with Gasteiger partial charge in [0.1, 0.15) is 6.61 Å². The van der Waals surface area contributed by atoms with Gasteiger partial charge in [0, 0.05) is 12.6 Å². The molecule has 0 bridgehead atoms. The van der Waals surface area contributed by atoms with Crippen LogP contribution < -0.4 is 20.1 Å². The molecule has 0 atom stereocenters. The van der Waals surface area contributed by atoms with Crippen molar-refractivity contribution in [3.05, 3.63) is 24.3 Å². The van der Waals surface area contributed by atoms with Crippen molar-refractivity contribution in [3.8, 4) is 11.5 Å². The summed E-state index contributed by atoms with van der Waals surface area (Å²) in [6.07, 6.45) is 0. The highest BCUT2D eigenvalue weighted by molar-refractivity contribution is 5.78. The molecule has 0 aliphatic heterocycles. The summed E-state index contributed by atoms with van der Waals surface area (Å²) < 4.78 is 11.1. The van der Waals surface area contributed by atoms with Gasteiger partial charge in [0.15, 0.2) is 11.5 Å². The van der Waals surface area contributed by atoms with Gasteiger partial charge in [-0.15, -0.1) is 0 Å². The van der Waals surface area contributed by atoms with Crippen LogP contribution in [-0.4, -0.2) is 38.3 Å². The Balaban J connectivity index is 2.23. The molecule has 2 N–H and O–H groups in total. The highest BCUT2D eigenvalue weighted by atomic mass is 16.5. The SMILES string of the molecule is CCOc1ccccc1OCCNCC(=O)NC(C)C. The van der Waals surface area contributed by atoms with Crippen LogP contribution in [0.25, 0.3) is 0 Å². The minimum absolute atomic E-state index is 0.00489. The van der Waals surface area contributed by atoms with Crippen LogP contribution in [-0.2, 0) is 4.79 Å². The Labute approximate surface area is 120 Å². The van der Waals surface area contributed by atoms with E-state index in [1.165, 1.54) is 0 Å². The van der Waals surface area contributed by atoms with E-state index in [-0.39, 0.29) is 11.9 Å². The minimum Gasteiger partial charge on any atom is -0.490 e. The van der Waals surface area contributed by atoms with Crippen molar-refractivity contribution < 1.29 is 14.3 Å².